The van der Waals surface area contributed by atoms with Crippen LogP contribution < -0.4 is 4.74 Å². The van der Waals surface area contributed by atoms with Gasteiger partial charge in [-0.05, 0) is 67.8 Å². The highest BCUT2D eigenvalue weighted by Gasteiger charge is 2.38. The van der Waals surface area contributed by atoms with Crippen LogP contribution in [0.3, 0.4) is 0 Å². The predicted molar refractivity (Wildman–Crippen MR) is 116 cm³/mol. The predicted octanol–water partition coefficient (Wildman–Crippen LogP) is 5.03. The van der Waals surface area contributed by atoms with Gasteiger partial charge < -0.3 is 19.2 Å². The number of aliphatic hydroxyl groups is 1. The average molecular weight is 426 g/mol. The third-order valence-electron chi connectivity index (χ3n) is 5.56. The monoisotopic (exact) mass is 425 g/mol. The Morgan fingerprint density at radius 3 is 2.53 bits per heavy atom. The number of carbonyl (C=O) groups is 1. The molecule has 0 saturated heterocycles. The summed E-state index contributed by atoms with van der Waals surface area (Å²) in [7, 11) is 1.70. The molecule has 1 aliphatic rings. The number of likely N-dealkylation sites (N-methyl/N-ethyl adjacent to an activating group) is 1. The fourth-order valence-electron chi connectivity index (χ4n) is 3.89. The lowest BCUT2D eigenvalue weighted by Gasteiger charge is -2.39. The van der Waals surface area contributed by atoms with E-state index in [4.69, 9.17) is 20.8 Å². The zero-order valence-corrected chi connectivity index (χ0v) is 17.5. The number of nitrogens with zero attached hydrogens (tertiary/aromatic N) is 1. The van der Waals surface area contributed by atoms with Crippen molar-refractivity contribution in [1.29, 1.82) is 0 Å². The lowest BCUT2D eigenvalue weighted by molar-refractivity contribution is -0.0418. The van der Waals surface area contributed by atoms with Crippen LogP contribution in [0.4, 0.5) is 0 Å². The number of carbonyl (C=O) groups excluding carboxylic acids is 1. The molecule has 1 N–H and O–H groups in total. The Bertz CT molecular complexity index is 986. The minimum Gasteiger partial charge on any atom is -0.488 e. The lowest BCUT2D eigenvalue weighted by Crippen LogP contribution is -2.53. The third kappa shape index (κ3) is 4.37. The van der Waals surface area contributed by atoms with Crippen LogP contribution >= 0.6 is 11.6 Å². The van der Waals surface area contributed by atoms with Crippen LogP contribution in [0.25, 0.3) is 11.3 Å². The summed E-state index contributed by atoms with van der Waals surface area (Å²) >= 11 is 5.93. The number of halogens is 1. The van der Waals surface area contributed by atoms with Gasteiger partial charge in [0, 0.05) is 17.6 Å². The number of amides is 1. The molecule has 0 aliphatic heterocycles. The second-order valence-corrected chi connectivity index (χ2v) is 7.98. The van der Waals surface area contributed by atoms with Crippen molar-refractivity contribution in [2.24, 2.45) is 0 Å². The molecule has 1 saturated carbocycles. The number of para-hydroxylation sites is 1. The average Bonchev–Trinajstić information content (AvgIpc) is 3.26. The Morgan fingerprint density at radius 2 is 1.80 bits per heavy atom. The Labute approximate surface area is 180 Å². The maximum atomic E-state index is 13.0. The van der Waals surface area contributed by atoms with Crippen LogP contribution in [0.5, 0.6) is 5.75 Å². The van der Waals surface area contributed by atoms with Crippen LogP contribution in [-0.2, 0) is 0 Å². The van der Waals surface area contributed by atoms with Gasteiger partial charge >= 0.3 is 0 Å². The smallest absolute Gasteiger partial charge is 0.289 e. The molecule has 5 nitrogen and oxygen atoms in total. The summed E-state index contributed by atoms with van der Waals surface area (Å²) in [5, 5.41) is 11.5. The first-order chi connectivity index (χ1) is 14.5. The molecule has 0 unspecified atom stereocenters. The molecule has 1 aliphatic carbocycles. The molecule has 2 aromatic carbocycles. The van der Waals surface area contributed by atoms with E-state index in [0.29, 0.717) is 17.2 Å². The molecule has 6 heteroatoms. The molecule has 0 radical (unpaired) electrons. The van der Waals surface area contributed by atoms with Crippen LogP contribution in [-0.4, -0.2) is 41.2 Å². The van der Waals surface area contributed by atoms with Crippen molar-refractivity contribution in [2.45, 2.75) is 37.5 Å². The molecular weight excluding hydrogens is 402 g/mol. The molecule has 0 spiro atoms. The van der Waals surface area contributed by atoms with Crippen molar-refractivity contribution in [3.05, 3.63) is 77.5 Å². The van der Waals surface area contributed by atoms with Gasteiger partial charge in [-0.25, -0.2) is 0 Å². The van der Waals surface area contributed by atoms with Crippen LogP contribution in [0.2, 0.25) is 5.02 Å². The van der Waals surface area contributed by atoms with Crippen LogP contribution in [0.1, 0.15) is 29.8 Å². The lowest BCUT2D eigenvalue weighted by atomic mass is 9.88. The molecule has 3 aromatic rings. The van der Waals surface area contributed by atoms with Crippen molar-refractivity contribution in [2.75, 3.05) is 7.05 Å². The Morgan fingerprint density at radius 1 is 1.07 bits per heavy atom. The molecule has 4 rings (SSSR count). The topological polar surface area (TPSA) is 62.9 Å². The van der Waals surface area contributed by atoms with Crippen LogP contribution in [0, 0.1) is 0 Å². The van der Waals surface area contributed by atoms with E-state index in [0.717, 1.165) is 24.2 Å². The highest BCUT2D eigenvalue weighted by molar-refractivity contribution is 6.30. The number of benzene rings is 2. The standard InChI is InChI=1S/C24H24ClNO4/c1-26(19-8-5-9-21(23(19)27)29-18-6-3-2-4-7-18)24(28)22-15-14-20(30-22)16-10-12-17(25)13-11-16/h2-4,6-7,10-15,19,21,23,27H,5,8-9H2,1H3/t19-,21-,23-/m1/s1. The number of hydrogen-bond acceptors (Lipinski definition) is 4. The molecule has 0 bridgehead atoms. The molecular formula is C24H24ClNO4. The van der Waals surface area contributed by atoms with E-state index in [9.17, 15) is 9.90 Å². The first-order valence-electron chi connectivity index (χ1n) is 10.1. The molecule has 1 heterocycles. The highest BCUT2D eigenvalue weighted by Crippen LogP contribution is 2.29. The van der Waals surface area contributed by atoms with Crippen molar-refractivity contribution in [3.8, 4) is 17.1 Å². The largest absolute Gasteiger partial charge is 0.488 e. The van der Waals surface area contributed by atoms with E-state index >= 15 is 0 Å². The Hall–Kier alpha value is -2.76. The first kappa shape index (κ1) is 20.5. The first-order valence-corrected chi connectivity index (χ1v) is 10.4. The van der Waals surface area contributed by atoms with Gasteiger partial charge in [0.25, 0.3) is 5.91 Å². The number of ether oxygens (including phenoxy) is 1. The molecule has 156 valence electrons. The van der Waals surface area contributed by atoms with Gasteiger partial charge in [0.15, 0.2) is 5.76 Å². The van der Waals surface area contributed by atoms with Gasteiger partial charge in [-0.2, -0.15) is 0 Å². The van der Waals surface area contributed by atoms with Gasteiger partial charge in [-0.3, -0.25) is 4.79 Å². The van der Waals surface area contributed by atoms with Crippen molar-refractivity contribution < 1.29 is 19.1 Å². The minimum absolute atomic E-state index is 0.237. The molecule has 1 fully saturated rings. The minimum atomic E-state index is -0.779. The molecule has 30 heavy (non-hydrogen) atoms. The van der Waals surface area contributed by atoms with Crippen molar-refractivity contribution in [1.82, 2.24) is 4.90 Å². The second-order valence-electron chi connectivity index (χ2n) is 7.55. The van der Waals surface area contributed by atoms with Gasteiger partial charge in [0.05, 0.1) is 6.04 Å². The van der Waals surface area contributed by atoms with Gasteiger partial charge in [0.1, 0.15) is 23.7 Å². The zero-order chi connectivity index (χ0) is 21.1. The number of hydrogen-bond donors (Lipinski definition) is 1. The summed E-state index contributed by atoms with van der Waals surface area (Å²) in [5.74, 6) is 1.29. The summed E-state index contributed by atoms with van der Waals surface area (Å²) < 4.78 is 11.8. The fraction of sp³-hybridized carbons (Fsp3) is 0.292. The summed E-state index contributed by atoms with van der Waals surface area (Å²) in [4.78, 5) is 14.6. The maximum absolute atomic E-state index is 13.0. The Balaban J connectivity index is 1.46. The van der Waals surface area contributed by atoms with E-state index in [1.54, 1.807) is 36.2 Å². The van der Waals surface area contributed by atoms with Crippen molar-refractivity contribution in [3.63, 3.8) is 0 Å². The normalized spacial score (nSPS) is 21.2. The van der Waals surface area contributed by atoms with E-state index in [2.05, 4.69) is 0 Å². The summed E-state index contributed by atoms with van der Waals surface area (Å²) in [6, 6.07) is 19.8. The maximum Gasteiger partial charge on any atom is 0.289 e. The molecule has 1 aromatic heterocycles. The van der Waals surface area contributed by atoms with E-state index < -0.39 is 6.10 Å². The second kappa shape index (κ2) is 8.94. The van der Waals surface area contributed by atoms with E-state index in [1.807, 2.05) is 42.5 Å². The van der Waals surface area contributed by atoms with Gasteiger partial charge in [0.2, 0.25) is 0 Å². The molecule has 3 atom stereocenters. The van der Waals surface area contributed by atoms with E-state index in [-0.39, 0.29) is 23.8 Å². The number of furan rings is 1. The highest BCUT2D eigenvalue weighted by atomic mass is 35.5. The van der Waals surface area contributed by atoms with Gasteiger partial charge in [-0.15, -0.1) is 0 Å². The number of rotatable bonds is 5. The van der Waals surface area contributed by atoms with Gasteiger partial charge in [-0.1, -0.05) is 29.8 Å². The Kier molecular flexibility index (Phi) is 6.11. The van der Waals surface area contributed by atoms with Crippen LogP contribution in [0.15, 0.2) is 71.1 Å². The zero-order valence-electron chi connectivity index (χ0n) is 16.7. The third-order valence-corrected chi connectivity index (χ3v) is 5.81. The summed E-state index contributed by atoms with van der Waals surface area (Å²) in [6.45, 7) is 0. The van der Waals surface area contributed by atoms with E-state index in [1.165, 1.54) is 0 Å². The quantitative estimate of drug-likeness (QED) is 0.622. The molecule has 1 amide bonds. The van der Waals surface area contributed by atoms with Crippen molar-refractivity contribution >= 4 is 17.5 Å². The SMILES string of the molecule is CN(C(=O)c1ccc(-c2ccc(Cl)cc2)o1)[C@@H]1CCC[C@@H](Oc2ccccc2)[C@@H]1O. The fourth-order valence-corrected chi connectivity index (χ4v) is 4.02. The summed E-state index contributed by atoms with van der Waals surface area (Å²) in [5.41, 5.74) is 0.843. The number of aliphatic hydroxyl groups excluding tert-OH is 1. The summed E-state index contributed by atoms with van der Waals surface area (Å²) in [6.07, 6.45) is 1.19.